The fraction of sp³-hybridized carbons (Fsp3) is 0.562. The fourth-order valence-corrected chi connectivity index (χ4v) is 4.44. The van der Waals surface area contributed by atoms with Gasteiger partial charge in [0.05, 0.1) is 5.69 Å². The molecule has 2 fully saturated rings. The smallest absolute Gasteiger partial charge is 0.139 e. The zero-order chi connectivity index (χ0) is 14.1. The Morgan fingerprint density at radius 3 is 3.00 bits per heavy atom. The van der Waals surface area contributed by atoms with Gasteiger partial charge in [0.25, 0.3) is 0 Å². The molecule has 4 nitrogen and oxygen atoms in total. The van der Waals surface area contributed by atoms with Crippen LogP contribution in [0.3, 0.4) is 0 Å². The average molecular weight is 302 g/mol. The van der Waals surface area contributed by atoms with Crippen LogP contribution < -0.4 is 10.2 Å². The number of rotatable bonds is 2. The summed E-state index contributed by atoms with van der Waals surface area (Å²) in [6.07, 6.45) is 7.02. The van der Waals surface area contributed by atoms with Crippen LogP contribution in [0.25, 0.3) is 5.65 Å². The van der Waals surface area contributed by atoms with Gasteiger partial charge >= 0.3 is 0 Å². The molecule has 0 bridgehead atoms. The van der Waals surface area contributed by atoms with Crippen molar-refractivity contribution in [1.82, 2.24) is 14.7 Å². The molecule has 2 aromatic heterocycles. The van der Waals surface area contributed by atoms with E-state index in [0.29, 0.717) is 5.92 Å². The second-order valence-corrected chi connectivity index (χ2v) is 7.12. The van der Waals surface area contributed by atoms with Crippen LogP contribution in [0.5, 0.6) is 0 Å². The Balaban J connectivity index is 1.61. The van der Waals surface area contributed by atoms with E-state index in [1.807, 2.05) is 0 Å². The molecule has 5 heteroatoms. The van der Waals surface area contributed by atoms with E-state index >= 15 is 0 Å². The summed E-state index contributed by atoms with van der Waals surface area (Å²) >= 11 is 2.07. The Kier molecular flexibility index (Phi) is 3.78. The Morgan fingerprint density at radius 2 is 2.19 bits per heavy atom. The number of thioether (sulfide) groups is 1. The van der Waals surface area contributed by atoms with Crippen LogP contribution in [-0.2, 0) is 0 Å². The molecule has 21 heavy (non-hydrogen) atoms. The molecule has 1 atom stereocenters. The number of nitrogens with one attached hydrogen (secondary N) is 1. The molecule has 4 heterocycles. The highest BCUT2D eigenvalue weighted by atomic mass is 32.2. The molecule has 0 radical (unpaired) electrons. The van der Waals surface area contributed by atoms with Crippen LogP contribution in [0.1, 0.15) is 24.5 Å². The normalized spacial score (nSPS) is 23.6. The standard InChI is InChI=1S/C16H22N4S/c1-2-13(12-21-9-1)15-11-20-6-3-14(10-16(20)18-15)19-7-4-17-5-8-19/h3,6,10-11,13,17H,1-2,4-5,7-9,12H2. The quantitative estimate of drug-likeness (QED) is 0.923. The van der Waals surface area contributed by atoms with Crippen molar-refractivity contribution in [2.24, 2.45) is 0 Å². The first-order chi connectivity index (χ1) is 10.4. The predicted octanol–water partition coefficient (Wildman–Crippen LogP) is 2.35. The van der Waals surface area contributed by atoms with Crippen molar-refractivity contribution in [3.8, 4) is 0 Å². The van der Waals surface area contributed by atoms with Crippen LogP contribution in [0.4, 0.5) is 5.69 Å². The summed E-state index contributed by atoms with van der Waals surface area (Å²) in [7, 11) is 0. The lowest BCUT2D eigenvalue weighted by molar-refractivity contribution is 0.589. The number of piperazine rings is 1. The highest BCUT2D eigenvalue weighted by Crippen LogP contribution is 2.31. The van der Waals surface area contributed by atoms with Gasteiger partial charge < -0.3 is 14.6 Å². The summed E-state index contributed by atoms with van der Waals surface area (Å²) in [6.45, 7) is 4.32. The van der Waals surface area contributed by atoms with E-state index in [9.17, 15) is 0 Å². The summed E-state index contributed by atoms with van der Waals surface area (Å²) < 4.78 is 2.18. The number of nitrogens with zero attached hydrogens (tertiary/aromatic N) is 3. The van der Waals surface area contributed by atoms with Gasteiger partial charge in [-0.25, -0.2) is 4.98 Å². The molecule has 2 aliphatic heterocycles. The lowest BCUT2D eigenvalue weighted by Crippen LogP contribution is -2.43. The third kappa shape index (κ3) is 2.77. The van der Waals surface area contributed by atoms with Crippen molar-refractivity contribution < 1.29 is 0 Å². The molecular formula is C16H22N4S. The second kappa shape index (κ2) is 5.89. The zero-order valence-electron chi connectivity index (χ0n) is 12.3. The van der Waals surface area contributed by atoms with E-state index in [1.165, 1.54) is 35.7 Å². The van der Waals surface area contributed by atoms with Gasteiger partial charge in [-0.2, -0.15) is 11.8 Å². The van der Waals surface area contributed by atoms with E-state index in [1.54, 1.807) is 0 Å². The zero-order valence-corrected chi connectivity index (χ0v) is 13.1. The number of anilines is 1. The molecule has 2 aromatic rings. The highest BCUT2D eigenvalue weighted by Gasteiger charge is 2.19. The third-order valence-corrected chi connectivity index (χ3v) is 5.74. The Morgan fingerprint density at radius 1 is 1.29 bits per heavy atom. The molecule has 1 N–H and O–H groups in total. The highest BCUT2D eigenvalue weighted by molar-refractivity contribution is 7.99. The van der Waals surface area contributed by atoms with Crippen molar-refractivity contribution in [3.05, 3.63) is 30.2 Å². The lowest BCUT2D eigenvalue weighted by atomic mass is 10.0. The number of pyridine rings is 1. The Labute approximate surface area is 129 Å². The van der Waals surface area contributed by atoms with Gasteiger partial charge in [0.2, 0.25) is 0 Å². The minimum absolute atomic E-state index is 0.645. The van der Waals surface area contributed by atoms with Crippen molar-refractivity contribution >= 4 is 23.1 Å². The third-order valence-electron chi connectivity index (χ3n) is 4.52. The SMILES string of the molecule is c1cn2cc(C3CCCSC3)nc2cc1N1CCNCC1. The first kappa shape index (κ1) is 13.5. The van der Waals surface area contributed by atoms with E-state index in [4.69, 9.17) is 4.98 Å². The molecule has 1 unspecified atom stereocenters. The van der Waals surface area contributed by atoms with Gasteiger partial charge in [0.15, 0.2) is 0 Å². The molecule has 0 aliphatic carbocycles. The van der Waals surface area contributed by atoms with Gasteiger partial charge in [-0.1, -0.05) is 0 Å². The summed E-state index contributed by atoms with van der Waals surface area (Å²) in [6, 6.07) is 4.46. The van der Waals surface area contributed by atoms with Crippen molar-refractivity contribution in [3.63, 3.8) is 0 Å². The van der Waals surface area contributed by atoms with E-state index < -0.39 is 0 Å². The minimum Gasteiger partial charge on any atom is -0.369 e. The topological polar surface area (TPSA) is 32.6 Å². The average Bonchev–Trinajstić information content (AvgIpc) is 2.99. The van der Waals surface area contributed by atoms with Gasteiger partial charge in [0.1, 0.15) is 5.65 Å². The first-order valence-corrected chi connectivity index (χ1v) is 9.08. The first-order valence-electron chi connectivity index (χ1n) is 7.92. The van der Waals surface area contributed by atoms with E-state index in [-0.39, 0.29) is 0 Å². The predicted molar refractivity (Wildman–Crippen MR) is 89.6 cm³/mol. The summed E-state index contributed by atoms with van der Waals surface area (Å²) in [4.78, 5) is 7.34. The summed E-state index contributed by atoms with van der Waals surface area (Å²) in [5.41, 5.74) is 3.68. The molecule has 0 amide bonds. The summed E-state index contributed by atoms with van der Waals surface area (Å²) in [5, 5.41) is 3.40. The van der Waals surface area contributed by atoms with Crippen molar-refractivity contribution in [1.29, 1.82) is 0 Å². The molecular weight excluding hydrogens is 280 g/mol. The van der Waals surface area contributed by atoms with Crippen LogP contribution in [0.2, 0.25) is 0 Å². The number of fused-ring (bicyclic) bond motifs is 1. The van der Waals surface area contributed by atoms with E-state index in [0.717, 1.165) is 31.8 Å². The fourth-order valence-electron chi connectivity index (χ4n) is 3.28. The molecule has 112 valence electrons. The Hall–Kier alpha value is -1.20. The van der Waals surface area contributed by atoms with Gasteiger partial charge in [-0.15, -0.1) is 0 Å². The maximum atomic E-state index is 4.90. The maximum absolute atomic E-state index is 4.90. The monoisotopic (exact) mass is 302 g/mol. The molecule has 4 rings (SSSR count). The largest absolute Gasteiger partial charge is 0.369 e. The van der Waals surface area contributed by atoms with E-state index in [2.05, 4.69) is 50.9 Å². The number of hydrogen-bond acceptors (Lipinski definition) is 4. The number of imidazole rings is 1. The summed E-state index contributed by atoms with van der Waals surface area (Å²) in [5.74, 6) is 3.19. The molecule has 2 aliphatic rings. The van der Waals surface area contributed by atoms with Gasteiger partial charge in [-0.3, -0.25) is 0 Å². The van der Waals surface area contributed by atoms with Crippen LogP contribution in [0.15, 0.2) is 24.5 Å². The van der Waals surface area contributed by atoms with Crippen molar-refractivity contribution in [2.75, 3.05) is 42.6 Å². The molecule has 0 saturated carbocycles. The lowest BCUT2D eigenvalue weighted by Gasteiger charge is -2.29. The van der Waals surface area contributed by atoms with Crippen LogP contribution >= 0.6 is 11.8 Å². The van der Waals surface area contributed by atoms with Gasteiger partial charge in [-0.05, 0) is 24.7 Å². The van der Waals surface area contributed by atoms with Crippen LogP contribution in [-0.4, -0.2) is 47.1 Å². The number of aromatic nitrogens is 2. The molecule has 0 aromatic carbocycles. The molecule has 0 spiro atoms. The second-order valence-electron chi connectivity index (χ2n) is 5.97. The van der Waals surface area contributed by atoms with Gasteiger partial charge in [0, 0.05) is 62.0 Å². The Bertz CT molecular complexity index is 596. The minimum atomic E-state index is 0.645. The molecule has 2 saturated heterocycles. The maximum Gasteiger partial charge on any atom is 0.139 e. The number of hydrogen-bond donors (Lipinski definition) is 1. The van der Waals surface area contributed by atoms with Crippen LogP contribution in [0, 0.1) is 0 Å². The van der Waals surface area contributed by atoms with Crippen molar-refractivity contribution in [2.45, 2.75) is 18.8 Å².